The molecule has 3 N–H and O–H groups in total. The number of nitrogens with zero attached hydrogens (tertiary/aromatic N) is 4. The summed E-state index contributed by atoms with van der Waals surface area (Å²) in [7, 11) is 0. The van der Waals surface area contributed by atoms with E-state index in [1.54, 1.807) is 0 Å². The molecule has 0 radical (unpaired) electrons. The summed E-state index contributed by atoms with van der Waals surface area (Å²) >= 11 is 0. The Labute approximate surface area is 196 Å². The molecule has 0 bridgehead atoms. The van der Waals surface area contributed by atoms with Gasteiger partial charge in [0.1, 0.15) is 5.78 Å². The van der Waals surface area contributed by atoms with Gasteiger partial charge in [-0.3, -0.25) is 15.0 Å². The molecule has 0 aliphatic carbocycles. The van der Waals surface area contributed by atoms with Gasteiger partial charge in [0.05, 0.1) is 12.3 Å². The number of piperazine rings is 1. The average Bonchev–Trinajstić information content (AvgIpc) is 2.76. The maximum absolute atomic E-state index is 12.5. The van der Waals surface area contributed by atoms with Gasteiger partial charge in [0, 0.05) is 56.0 Å². The van der Waals surface area contributed by atoms with Gasteiger partial charge in [0.2, 0.25) is 11.9 Å². The predicted octanol–water partition coefficient (Wildman–Crippen LogP) is 3.30. The predicted molar refractivity (Wildman–Crippen MR) is 132 cm³/mol. The lowest BCUT2D eigenvalue weighted by Gasteiger charge is -2.37. The van der Waals surface area contributed by atoms with Crippen molar-refractivity contribution in [1.29, 1.82) is 5.41 Å². The Hall–Kier alpha value is -3.29. The number of Topliss-reactive ketones (excluding diaryl/α,β-unsaturated/α-hetero) is 1. The number of carbonyl (C=O) groups excluding carboxylic acids is 2. The van der Waals surface area contributed by atoms with Crippen molar-refractivity contribution in [2.75, 3.05) is 31.1 Å². The molecule has 8 heteroatoms. The molecule has 1 aromatic carbocycles. The zero-order valence-electron chi connectivity index (χ0n) is 19.1. The van der Waals surface area contributed by atoms with Crippen LogP contribution in [0.2, 0.25) is 0 Å². The fourth-order valence-corrected chi connectivity index (χ4v) is 3.71. The van der Waals surface area contributed by atoms with Crippen LogP contribution in [0.15, 0.2) is 36.7 Å². The van der Waals surface area contributed by atoms with E-state index >= 15 is 0 Å². The molecule has 1 aromatic heterocycles. The molecular weight excluding hydrogens is 416 g/mol. The summed E-state index contributed by atoms with van der Waals surface area (Å²) in [4.78, 5) is 37.4. The lowest BCUT2D eigenvalue weighted by atomic mass is 9.94. The first-order valence-corrected chi connectivity index (χ1v) is 10.9. The number of ketones is 1. The van der Waals surface area contributed by atoms with Gasteiger partial charge in [-0.2, -0.15) is 0 Å². The van der Waals surface area contributed by atoms with Crippen molar-refractivity contribution < 1.29 is 9.59 Å². The van der Waals surface area contributed by atoms with Crippen LogP contribution in [0.3, 0.4) is 0 Å². The van der Waals surface area contributed by atoms with Crippen LogP contribution in [-0.4, -0.2) is 58.6 Å². The smallest absolute Gasteiger partial charge is 0.228 e. The molecular formula is C25H36N6O2. The number of amides is 1. The molecule has 0 spiro atoms. The number of hydrogen-bond acceptors (Lipinski definition) is 6. The van der Waals surface area contributed by atoms with Gasteiger partial charge < -0.3 is 15.5 Å². The van der Waals surface area contributed by atoms with Gasteiger partial charge in [0.15, 0.2) is 0 Å². The minimum atomic E-state index is -0.366. The molecule has 1 saturated heterocycles. The lowest BCUT2D eigenvalue weighted by Crippen LogP contribution is -2.52. The van der Waals surface area contributed by atoms with Crippen molar-refractivity contribution in [3.8, 4) is 11.1 Å². The number of benzene rings is 1. The highest BCUT2D eigenvalue weighted by atomic mass is 16.2. The fourth-order valence-electron chi connectivity index (χ4n) is 3.71. The number of rotatable bonds is 7. The highest BCUT2D eigenvalue weighted by molar-refractivity contribution is 5.98. The van der Waals surface area contributed by atoms with Gasteiger partial charge in [-0.05, 0) is 17.5 Å². The van der Waals surface area contributed by atoms with Gasteiger partial charge in [-0.15, -0.1) is 0 Å². The van der Waals surface area contributed by atoms with E-state index in [9.17, 15) is 9.59 Å². The Bertz CT molecular complexity index is 973. The summed E-state index contributed by atoms with van der Waals surface area (Å²) in [6.07, 6.45) is 4.61. The molecule has 0 unspecified atom stereocenters. The van der Waals surface area contributed by atoms with Gasteiger partial charge >= 0.3 is 0 Å². The lowest BCUT2D eigenvalue weighted by molar-refractivity contribution is -0.139. The quantitative estimate of drug-likeness (QED) is 0.492. The molecule has 3 rings (SSSR count). The highest BCUT2D eigenvalue weighted by Crippen LogP contribution is 2.23. The summed E-state index contributed by atoms with van der Waals surface area (Å²) in [5.41, 5.74) is 7.88. The maximum Gasteiger partial charge on any atom is 0.228 e. The molecule has 33 heavy (non-hydrogen) atoms. The largest absolute Gasteiger partial charge is 0.387 e. The molecule has 1 amide bonds. The topological polar surface area (TPSA) is 116 Å². The van der Waals surface area contributed by atoms with Crippen LogP contribution in [0.4, 0.5) is 5.95 Å². The number of carbonyl (C=O) groups is 2. The van der Waals surface area contributed by atoms with Crippen LogP contribution in [0, 0.1) is 10.8 Å². The average molecular weight is 453 g/mol. The second-order valence-corrected chi connectivity index (χ2v) is 9.24. The third kappa shape index (κ3) is 7.10. The van der Waals surface area contributed by atoms with Crippen LogP contribution in [0.5, 0.6) is 0 Å². The molecule has 2 aromatic rings. The monoisotopic (exact) mass is 452 g/mol. The minimum Gasteiger partial charge on any atom is -0.387 e. The van der Waals surface area contributed by atoms with Gasteiger partial charge in [-0.25, -0.2) is 9.97 Å². The van der Waals surface area contributed by atoms with Crippen LogP contribution in [-0.2, 0) is 16.0 Å². The Morgan fingerprint density at radius 1 is 1.06 bits per heavy atom. The Kier molecular flexibility index (Phi) is 8.68. The second kappa shape index (κ2) is 11.0. The number of aryl methyl sites for hydroxylation is 1. The summed E-state index contributed by atoms with van der Waals surface area (Å²) in [5, 5.41) is 7.22. The van der Waals surface area contributed by atoms with E-state index in [0.29, 0.717) is 45.0 Å². The molecule has 8 nitrogen and oxygen atoms in total. The van der Waals surface area contributed by atoms with E-state index in [1.165, 1.54) is 0 Å². The number of amidine groups is 1. The zero-order valence-corrected chi connectivity index (χ0v) is 19.1. The molecule has 2 heterocycles. The first-order chi connectivity index (χ1) is 15.1. The van der Waals surface area contributed by atoms with Crippen molar-refractivity contribution in [3.63, 3.8) is 0 Å². The van der Waals surface area contributed by atoms with Gasteiger partial charge in [-0.1, -0.05) is 52.5 Å². The van der Waals surface area contributed by atoms with E-state index in [1.807, 2.05) is 62.3 Å². The first kappa shape index (κ1) is 26.0. The summed E-state index contributed by atoms with van der Waals surface area (Å²) < 4.78 is 0. The highest BCUT2D eigenvalue weighted by Gasteiger charge is 2.30. The third-order valence-corrected chi connectivity index (χ3v) is 5.47. The minimum absolute atomic E-state index is 0. The van der Waals surface area contributed by atoms with Crippen molar-refractivity contribution >= 4 is 23.5 Å². The van der Waals surface area contributed by atoms with E-state index in [0.717, 1.165) is 16.7 Å². The maximum atomic E-state index is 12.5. The number of nitrogens with two attached hydrogens (primary N) is 1. The van der Waals surface area contributed by atoms with Gasteiger partial charge in [0.25, 0.3) is 0 Å². The van der Waals surface area contributed by atoms with Crippen LogP contribution in [0.1, 0.15) is 46.6 Å². The number of anilines is 1. The molecule has 1 aliphatic heterocycles. The first-order valence-electron chi connectivity index (χ1n) is 10.9. The fraction of sp³-hybridized carbons (Fsp3) is 0.480. The Morgan fingerprint density at radius 3 is 2.27 bits per heavy atom. The van der Waals surface area contributed by atoms with Crippen LogP contribution < -0.4 is 10.6 Å². The number of hydrogen-bond donors (Lipinski definition) is 2. The van der Waals surface area contributed by atoms with E-state index < -0.39 is 0 Å². The van der Waals surface area contributed by atoms with Crippen LogP contribution in [0.25, 0.3) is 11.1 Å². The van der Waals surface area contributed by atoms with Crippen molar-refractivity contribution in [2.24, 2.45) is 11.1 Å². The van der Waals surface area contributed by atoms with E-state index in [2.05, 4.69) is 14.9 Å². The molecule has 0 atom stereocenters. The second-order valence-electron chi connectivity index (χ2n) is 9.24. The number of nitrogens with one attached hydrogen (secondary N) is 1. The molecule has 178 valence electrons. The molecule has 0 saturated carbocycles. The zero-order chi connectivity index (χ0) is 23.3. The van der Waals surface area contributed by atoms with E-state index in [4.69, 9.17) is 11.1 Å². The Morgan fingerprint density at radius 2 is 1.70 bits per heavy atom. The standard InChI is InChI=1S/C24H32N6O2.CH4/c1-24(2,3)22(32)29-9-11-30(12-10-29)23-27-15-19(16-28-23)18-6-4-5-17(13-18)7-8-20(31)14-21(25)26;/h4-6,13,15-16H,7-12,14H2,1-3H3,(H3,25,26);1H4. The van der Waals surface area contributed by atoms with E-state index in [-0.39, 0.29) is 36.8 Å². The number of aromatic nitrogens is 2. The normalized spacial score (nSPS) is 13.9. The summed E-state index contributed by atoms with van der Waals surface area (Å²) in [6.45, 7) is 8.61. The Balaban J connectivity index is 0.00000385. The molecule has 1 aliphatic rings. The third-order valence-electron chi connectivity index (χ3n) is 5.47. The van der Waals surface area contributed by atoms with Crippen molar-refractivity contribution in [3.05, 3.63) is 42.2 Å². The SMILES string of the molecule is C.CC(C)(C)C(=O)N1CCN(c2ncc(-c3cccc(CCC(=O)CC(=N)N)c3)cn2)CC1. The summed E-state index contributed by atoms with van der Waals surface area (Å²) in [5.74, 6) is 0.724. The molecule has 1 fully saturated rings. The van der Waals surface area contributed by atoms with Crippen molar-refractivity contribution in [1.82, 2.24) is 14.9 Å². The summed E-state index contributed by atoms with van der Waals surface area (Å²) in [6, 6.07) is 7.98. The van der Waals surface area contributed by atoms with Crippen molar-refractivity contribution in [2.45, 2.75) is 47.5 Å². The van der Waals surface area contributed by atoms with Crippen LogP contribution >= 0.6 is 0 Å².